The Morgan fingerprint density at radius 2 is 2.05 bits per heavy atom. The molecule has 1 aromatic carbocycles. The maximum Gasteiger partial charge on any atom is 0.0681 e. The van der Waals surface area contributed by atoms with Gasteiger partial charge in [-0.3, -0.25) is 0 Å². The number of rotatable bonds is 4. The van der Waals surface area contributed by atoms with Crippen LogP contribution >= 0.6 is 27.5 Å². The Kier molecular flexibility index (Phi) is 5.09. The molecular weight excluding hydrogens is 350 g/mol. The van der Waals surface area contributed by atoms with Gasteiger partial charge < -0.3 is 10.1 Å². The fraction of sp³-hybridized carbons (Fsp3) is 0.647. The lowest BCUT2D eigenvalue weighted by Gasteiger charge is -2.34. The Balaban J connectivity index is 2.39. The molecule has 2 unspecified atom stereocenters. The van der Waals surface area contributed by atoms with E-state index < -0.39 is 0 Å². The van der Waals surface area contributed by atoms with Crippen molar-refractivity contribution in [1.82, 2.24) is 5.32 Å². The van der Waals surface area contributed by atoms with Gasteiger partial charge in [-0.2, -0.15) is 0 Å². The van der Waals surface area contributed by atoms with E-state index >= 15 is 0 Å². The quantitative estimate of drug-likeness (QED) is 0.767. The molecule has 0 aliphatic carbocycles. The molecule has 0 aromatic heterocycles. The molecule has 0 bridgehead atoms. The zero-order valence-corrected chi connectivity index (χ0v) is 15.8. The van der Waals surface area contributed by atoms with Gasteiger partial charge in [0, 0.05) is 21.5 Å². The van der Waals surface area contributed by atoms with Crippen molar-refractivity contribution in [1.29, 1.82) is 0 Å². The van der Waals surface area contributed by atoms with Gasteiger partial charge in [0.2, 0.25) is 0 Å². The Hall–Kier alpha value is -0.0900. The van der Waals surface area contributed by atoms with E-state index in [1.807, 2.05) is 6.07 Å². The van der Waals surface area contributed by atoms with Crippen molar-refractivity contribution >= 4 is 27.5 Å². The number of ether oxygens (including phenoxy) is 1. The van der Waals surface area contributed by atoms with Crippen molar-refractivity contribution in [2.45, 2.75) is 58.3 Å². The number of hydrogen-bond acceptors (Lipinski definition) is 2. The van der Waals surface area contributed by atoms with Crippen LogP contribution in [0.15, 0.2) is 22.7 Å². The normalized spacial score (nSPS) is 25.0. The van der Waals surface area contributed by atoms with Crippen LogP contribution in [-0.2, 0) is 4.74 Å². The molecule has 0 saturated carbocycles. The van der Waals surface area contributed by atoms with E-state index in [1.54, 1.807) is 0 Å². The molecule has 118 valence electrons. The van der Waals surface area contributed by atoms with Gasteiger partial charge in [-0.05, 0) is 58.4 Å². The van der Waals surface area contributed by atoms with Gasteiger partial charge in [-0.25, -0.2) is 0 Å². The summed E-state index contributed by atoms with van der Waals surface area (Å²) in [5.74, 6) is 0.381. The topological polar surface area (TPSA) is 21.3 Å². The molecule has 1 heterocycles. The highest BCUT2D eigenvalue weighted by Crippen LogP contribution is 2.48. The van der Waals surface area contributed by atoms with Crippen molar-refractivity contribution in [2.24, 2.45) is 5.92 Å². The Morgan fingerprint density at radius 1 is 1.38 bits per heavy atom. The van der Waals surface area contributed by atoms with Gasteiger partial charge in [0.05, 0.1) is 11.2 Å². The van der Waals surface area contributed by atoms with Crippen molar-refractivity contribution in [2.75, 3.05) is 6.54 Å². The van der Waals surface area contributed by atoms with Crippen LogP contribution in [0.4, 0.5) is 0 Å². The molecule has 4 heteroatoms. The highest BCUT2D eigenvalue weighted by Gasteiger charge is 2.49. The van der Waals surface area contributed by atoms with E-state index in [2.05, 4.69) is 68.0 Å². The summed E-state index contributed by atoms with van der Waals surface area (Å²) in [5, 5.41) is 4.42. The smallest absolute Gasteiger partial charge is 0.0681 e. The summed E-state index contributed by atoms with van der Waals surface area (Å²) in [7, 11) is 0. The second-order valence-corrected chi connectivity index (χ2v) is 8.30. The average molecular weight is 375 g/mol. The van der Waals surface area contributed by atoms with Crippen LogP contribution in [0.5, 0.6) is 0 Å². The first-order valence-corrected chi connectivity index (χ1v) is 8.72. The van der Waals surface area contributed by atoms with E-state index in [9.17, 15) is 0 Å². The summed E-state index contributed by atoms with van der Waals surface area (Å²) in [6, 6.07) is 6.34. The first kappa shape index (κ1) is 17.3. The maximum atomic E-state index is 6.49. The highest BCUT2D eigenvalue weighted by molar-refractivity contribution is 9.10. The molecule has 0 spiro atoms. The molecule has 2 nitrogen and oxygen atoms in total. The zero-order chi connectivity index (χ0) is 15.8. The highest BCUT2D eigenvalue weighted by atomic mass is 79.9. The molecule has 1 fully saturated rings. The first-order valence-electron chi connectivity index (χ1n) is 7.55. The predicted molar refractivity (Wildman–Crippen MR) is 92.9 cm³/mol. The minimum atomic E-state index is -0.174. The van der Waals surface area contributed by atoms with Crippen LogP contribution in [0.3, 0.4) is 0 Å². The van der Waals surface area contributed by atoms with Gasteiger partial charge in [0.1, 0.15) is 0 Å². The van der Waals surface area contributed by atoms with Crippen LogP contribution in [0.25, 0.3) is 0 Å². The van der Waals surface area contributed by atoms with Gasteiger partial charge in [-0.1, -0.05) is 40.5 Å². The minimum absolute atomic E-state index is 0.0936. The summed E-state index contributed by atoms with van der Waals surface area (Å²) in [6.07, 6.45) is 1.02. The molecule has 1 aromatic rings. The molecule has 21 heavy (non-hydrogen) atoms. The summed E-state index contributed by atoms with van der Waals surface area (Å²) >= 11 is 9.97. The van der Waals surface area contributed by atoms with Crippen molar-refractivity contribution in [3.05, 3.63) is 33.3 Å². The van der Waals surface area contributed by atoms with Crippen molar-refractivity contribution in [3.8, 4) is 0 Å². The third-order valence-electron chi connectivity index (χ3n) is 4.27. The monoisotopic (exact) mass is 373 g/mol. The van der Waals surface area contributed by atoms with Gasteiger partial charge in [0.25, 0.3) is 0 Å². The number of hydrogen-bond donors (Lipinski definition) is 1. The molecule has 0 amide bonds. The number of halogens is 2. The molecule has 1 saturated heterocycles. The van der Waals surface area contributed by atoms with Crippen LogP contribution in [0.2, 0.25) is 5.02 Å². The van der Waals surface area contributed by atoms with E-state index in [0.717, 1.165) is 28.0 Å². The Morgan fingerprint density at radius 3 is 2.52 bits per heavy atom. The van der Waals surface area contributed by atoms with Gasteiger partial charge in [-0.15, -0.1) is 0 Å². The van der Waals surface area contributed by atoms with E-state index in [0.29, 0.717) is 5.92 Å². The number of nitrogens with one attached hydrogen (secondary N) is 1. The lowest BCUT2D eigenvalue weighted by molar-refractivity contribution is -0.0778. The molecular formula is C17H25BrClNO. The summed E-state index contributed by atoms with van der Waals surface area (Å²) in [4.78, 5) is 0. The van der Waals surface area contributed by atoms with Crippen molar-refractivity contribution < 1.29 is 4.74 Å². The first-order chi connectivity index (χ1) is 9.66. The molecule has 1 aliphatic heterocycles. The Labute approximate surface area is 141 Å². The third kappa shape index (κ3) is 3.82. The minimum Gasteiger partial charge on any atom is -0.369 e. The molecule has 2 rings (SSSR count). The molecule has 1 aliphatic rings. The SMILES string of the molecule is CCNC(c1ccc(Br)cc1Cl)C1CC(C)(C)OC1(C)C. The van der Waals surface area contributed by atoms with Crippen LogP contribution < -0.4 is 5.32 Å². The average Bonchev–Trinajstić information content (AvgIpc) is 2.55. The lowest BCUT2D eigenvalue weighted by atomic mass is 9.79. The molecule has 1 N–H and O–H groups in total. The number of benzene rings is 1. The van der Waals surface area contributed by atoms with E-state index in [4.69, 9.17) is 16.3 Å². The third-order valence-corrected chi connectivity index (χ3v) is 5.09. The van der Waals surface area contributed by atoms with E-state index in [1.165, 1.54) is 0 Å². The van der Waals surface area contributed by atoms with Crippen LogP contribution in [0, 0.1) is 5.92 Å². The fourth-order valence-electron chi connectivity index (χ4n) is 3.57. The predicted octanol–water partition coefficient (Wildman–Crippen LogP) is 5.35. The van der Waals surface area contributed by atoms with Crippen LogP contribution in [-0.4, -0.2) is 17.7 Å². The standard InChI is InChI=1S/C17H25BrClNO/c1-6-20-15(12-8-7-11(18)9-14(12)19)13-10-16(2,3)21-17(13,4)5/h7-9,13,15,20H,6,10H2,1-5H3. The lowest BCUT2D eigenvalue weighted by Crippen LogP contribution is -2.38. The van der Waals surface area contributed by atoms with E-state index in [-0.39, 0.29) is 17.2 Å². The largest absolute Gasteiger partial charge is 0.369 e. The second kappa shape index (κ2) is 6.19. The van der Waals surface area contributed by atoms with Crippen molar-refractivity contribution in [3.63, 3.8) is 0 Å². The summed E-state index contributed by atoms with van der Waals surface area (Å²) in [5.41, 5.74) is 0.886. The molecule has 0 radical (unpaired) electrons. The summed E-state index contributed by atoms with van der Waals surface area (Å²) < 4.78 is 7.28. The Bertz CT molecular complexity index is 516. The second-order valence-electron chi connectivity index (χ2n) is 6.98. The summed E-state index contributed by atoms with van der Waals surface area (Å²) in [6.45, 7) is 11.7. The fourth-order valence-corrected chi connectivity index (χ4v) is 4.36. The maximum absolute atomic E-state index is 6.49. The van der Waals surface area contributed by atoms with Crippen LogP contribution in [0.1, 0.15) is 52.6 Å². The zero-order valence-electron chi connectivity index (χ0n) is 13.5. The molecule has 2 atom stereocenters. The van der Waals surface area contributed by atoms with Gasteiger partial charge >= 0.3 is 0 Å². The van der Waals surface area contributed by atoms with Gasteiger partial charge in [0.15, 0.2) is 0 Å².